The highest BCUT2D eigenvalue weighted by Crippen LogP contribution is 2.54. The summed E-state index contributed by atoms with van der Waals surface area (Å²) in [5.41, 5.74) is -3.24. The molecule has 0 aromatic carbocycles. The Morgan fingerprint density at radius 2 is 2.00 bits per heavy atom. The molecule has 2 aliphatic heterocycles. The topological polar surface area (TPSA) is 78.9 Å². The fraction of sp³-hybridized carbons (Fsp3) is 0.722. The molecule has 0 radical (unpaired) electrons. The monoisotopic (exact) mass is 338 g/mol. The Labute approximate surface area is 142 Å². The first-order valence-electron chi connectivity index (χ1n) is 8.32. The van der Waals surface area contributed by atoms with E-state index in [2.05, 4.69) is 0 Å². The van der Waals surface area contributed by atoms with E-state index in [0.29, 0.717) is 12.0 Å². The van der Waals surface area contributed by atoms with E-state index in [1.54, 1.807) is 47.6 Å². The van der Waals surface area contributed by atoms with Crippen LogP contribution in [0.3, 0.4) is 0 Å². The molecule has 0 aromatic heterocycles. The molecule has 6 nitrogen and oxygen atoms in total. The number of esters is 2. The van der Waals surface area contributed by atoms with Crippen molar-refractivity contribution in [2.24, 2.45) is 5.92 Å². The molecule has 0 spiro atoms. The molecule has 24 heavy (non-hydrogen) atoms. The SMILES string of the molecule is C/C=C1\[C@H](C(=O)OCC)[C@]2(C)CCC(=O)[C@@]1(C(=O)OC(C)(C)C)O2. The van der Waals surface area contributed by atoms with Crippen LogP contribution >= 0.6 is 0 Å². The number of rotatable bonds is 3. The van der Waals surface area contributed by atoms with Crippen molar-refractivity contribution < 1.29 is 28.6 Å². The fourth-order valence-electron chi connectivity index (χ4n) is 3.55. The summed E-state index contributed by atoms with van der Waals surface area (Å²) < 4.78 is 16.6. The molecule has 6 heteroatoms. The minimum atomic E-state index is -1.84. The summed E-state index contributed by atoms with van der Waals surface area (Å²) in [6, 6.07) is 0. The van der Waals surface area contributed by atoms with Gasteiger partial charge in [0.25, 0.3) is 0 Å². The number of Topliss-reactive ketones (excluding diaryl/α,β-unsaturated/α-hetero) is 1. The first kappa shape index (κ1) is 18.6. The maximum absolute atomic E-state index is 12.9. The van der Waals surface area contributed by atoms with Gasteiger partial charge >= 0.3 is 11.9 Å². The maximum Gasteiger partial charge on any atom is 0.351 e. The number of ether oxygens (including phenoxy) is 3. The summed E-state index contributed by atoms with van der Waals surface area (Å²) in [7, 11) is 0. The van der Waals surface area contributed by atoms with Crippen LogP contribution < -0.4 is 0 Å². The highest BCUT2D eigenvalue weighted by Gasteiger charge is 2.70. The second kappa shape index (κ2) is 5.99. The second-order valence-electron chi connectivity index (χ2n) is 7.45. The molecule has 0 saturated carbocycles. The van der Waals surface area contributed by atoms with Crippen molar-refractivity contribution in [1.82, 2.24) is 0 Å². The van der Waals surface area contributed by atoms with Gasteiger partial charge in [-0.25, -0.2) is 4.79 Å². The van der Waals surface area contributed by atoms with Crippen LogP contribution in [0.2, 0.25) is 0 Å². The Balaban J connectivity index is 2.55. The molecule has 134 valence electrons. The van der Waals surface area contributed by atoms with E-state index in [4.69, 9.17) is 14.2 Å². The fourth-order valence-corrected chi connectivity index (χ4v) is 3.55. The van der Waals surface area contributed by atoms with Crippen LogP contribution in [0.1, 0.15) is 54.4 Å². The first-order chi connectivity index (χ1) is 11.0. The third kappa shape index (κ3) is 2.77. The van der Waals surface area contributed by atoms with Gasteiger partial charge in [0.15, 0.2) is 5.78 Å². The average molecular weight is 338 g/mol. The lowest BCUT2D eigenvalue weighted by Gasteiger charge is -2.37. The van der Waals surface area contributed by atoms with Gasteiger partial charge in [0.2, 0.25) is 5.60 Å². The Kier molecular flexibility index (Phi) is 4.65. The summed E-state index contributed by atoms with van der Waals surface area (Å²) in [6.45, 7) is 10.5. The maximum atomic E-state index is 12.9. The minimum Gasteiger partial charge on any atom is -0.465 e. The van der Waals surface area contributed by atoms with Crippen molar-refractivity contribution in [3.05, 3.63) is 11.6 Å². The predicted molar refractivity (Wildman–Crippen MR) is 86.2 cm³/mol. The van der Waals surface area contributed by atoms with Crippen LogP contribution in [-0.4, -0.2) is 41.1 Å². The van der Waals surface area contributed by atoms with Crippen molar-refractivity contribution in [1.29, 1.82) is 0 Å². The summed E-state index contributed by atoms with van der Waals surface area (Å²) in [5.74, 6) is -2.39. The van der Waals surface area contributed by atoms with Crippen LogP contribution in [-0.2, 0) is 28.6 Å². The first-order valence-corrected chi connectivity index (χ1v) is 8.32. The zero-order valence-corrected chi connectivity index (χ0v) is 15.2. The lowest BCUT2D eigenvalue weighted by molar-refractivity contribution is -0.198. The Bertz CT molecular complexity index is 599. The van der Waals surface area contributed by atoms with Gasteiger partial charge in [-0.15, -0.1) is 0 Å². The average Bonchev–Trinajstić information content (AvgIpc) is 2.68. The number of hydrogen-bond donors (Lipinski definition) is 0. The van der Waals surface area contributed by atoms with Gasteiger partial charge in [0.1, 0.15) is 11.5 Å². The van der Waals surface area contributed by atoms with Crippen molar-refractivity contribution in [3.8, 4) is 0 Å². The molecule has 2 fully saturated rings. The van der Waals surface area contributed by atoms with Gasteiger partial charge in [0.05, 0.1) is 12.2 Å². The Hall–Kier alpha value is -1.69. The van der Waals surface area contributed by atoms with Crippen molar-refractivity contribution in [2.75, 3.05) is 6.61 Å². The highest BCUT2D eigenvalue weighted by molar-refractivity contribution is 6.13. The van der Waals surface area contributed by atoms with Gasteiger partial charge in [-0.3, -0.25) is 9.59 Å². The summed E-state index contributed by atoms with van der Waals surface area (Å²) in [4.78, 5) is 38.1. The Morgan fingerprint density at radius 3 is 2.50 bits per heavy atom. The van der Waals surface area contributed by atoms with Gasteiger partial charge in [-0.05, 0) is 53.5 Å². The standard InChI is InChI=1S/C18H26O6/c1-7-11-13(14(20)22-8-2)17(6)10-9-12(19)18(11,24-17)15(21)23-16(3,4)5/h7,13H,8-10H2,1-6H3/b11-7+/t13-,17+,18+/m1/s1. The molecule has 2 bridgehead atoms. The van der Waals surface area contributed by atoms with Crippen molar-refractivity contribution in [3.63, 3.8) is 0 Å². The zero-order valence-electron chi connectivity index (χ0n) is 15.2. The van der Waals surface area contributed by atoms with Crippen LogP contribution in [0.25, 0.3) is 0 Å². The molecule has 2 rings (SSSR count). The molecule has 0 aromatic rings. The Morgan fingerprint density at radius 1 is 1.38 bits per heavy atom. The number of ketones is 1. The van der Waals surface area contributed by atoms with Gasteiger partial charge < -0.3 is 14.2 Å². The second-order valence-corrected chi connectivity index (χ2v) is 7.45. The highest BCUT2D eigenvalue weighted by atomic mass is 16.6. The van der Waals surface area contributed by atoms with E-state index in [1.165, 1.54) is 0 Å². The van der Waals surface area contributed by atoms with E-state index >= 15 is 0 Å². The number of allylic oxidation sites excluding steroid dienone is 1. The van der Waals surface area contributed by atoms with Crippen LogP contribution in [0.5, 0.6) is 0 Å². The third-order valence-electron chi connectivity index (χ3n) is 4.48. The van der Waals surface area contributed by atoms with E-state index in [0.717, 1.165) is 0 Å². The van der Waals surface area contributed by atoms with Crippen LogP contribution in [0, 0.1) is 5.92 Å². The lowest BCUT2D eigenvalue weighted by Crippen LogP contribution is -2.54. The van der Waals surface area contributed by atoms with Crippen molar-refractivity contribution >= 4 is 17.7 Å². The molecular formula is C18H26O6. The number of carbonyl (C=O) groups is 3. The van der Waals surface area contributed by atoms with E-state index in [-0.39, 0.29) is 18.8 Å². The minimum absolute atomic E-state index is 0.156. The van der Waals surface area contributed by atoms with E-state index in [1.807, 2.05) is 0 Å². The number of hydrogen-bond acceptors (Lipinski definition) is 6. The quantitative estimate of drug-likeness (QED) is 0.446. The lowest BCUT2D eigenvalue weighted by atomic mass is 9.81. The molecule has 0 unspecified atom stereocenters. The molecule has 0 amide bonds. The van der Waals surface area contributed by atoms with Crippen molar-refractivity contribution in [2.45, 2.75) is 71.2 Å². The largest absolute Gasteiger partial charge is 0.465 e. The molecule has 2 saturated heterocycles. The normalized spacial score (nSPS) is 34.3. The predicted octanol–water partition coefficient (Wildman–Crippen LogP) is 2.34. The van der Waals surface area contributed by atoms with Gasteiger partial charge in [0, 0.05) is 6.42 Å². The molecule has 0 aliphatic carbocycles. The molecule has 2 aliphatic rings. The zero-order chi connectivity index (χ0) is 18.3. The van der Waals surface area contributed by atoms with Gasteiger partial charge in [-0.1, -0.05) is 6.08 Å². The summed E-state index contributed by atoms with van der Waals surface area (Å²) >= 11 is 0. The van der Waals surface area contributed by atoms with E-state index < -0.39 is 34.7 Å². The van der Waals surface area contributed by atoms with E-state index in [9.17, 15) is 14.4 Å². The summed E-state index contributed by atoms with van der Waals surface area (Å²) in [6.07, 6.45) is 2.13. The van der Waals surface area contributed by atoms with Gasteiger partial charge in [-0.2, -0.15) is 0 Å². The smallest absolute Gasteiger partial charge is 0.351 e. The number of fused-ring (bicyclic) bond motifs is 2. The summed E-state index contributed by atoms with van der Waals surface area (Å²) in [5, 5.41) is 0. The molecular weight excluding hydrogens is 312 g/mol. The van der Waals surface area contributed by atoms with Crippen LogP contribution in [0.15, 0.2) is 11.6 Å². The molecule has 3 atom stereocenters. The van der Waals surface area contributed by atoms with Crippen LogP contribution in [0.4, 0.5) is 0 Å². The molecule has 0 N–H and O–H groups in total. The number of carbonyl (C=O) groups excluding carboxylic acids is 3. The third-order valence-corrected chi connectivity index (χ3v) is 4.48. The molecule has 2 heterocycles.